The summed E-state index contributed by atoms with van der Waals surface area (Å²) in [5, 5.41) is 0. The lowest BCUT2D eigenvalue weighted by molar-refractivity contribution is 0.414. The average molecular weight is 225 g/mol. The highest BCUT2D eigenvalue weighted by molar-refractivity contribution is 5.29. The predicted molar refractivity (Wildman–Crippen MR) is 70.4 cm³/mol. The van der Waals surface area contributed by atoms with Gasteiger partial charge in [0.05, 0.1) is 7.11 Å². The van der Waals surface area contributed by atoms with Crippen LogP contribution in [-0.2, 0) is 12.8 Å². The normalized spacial score (nSPS) is 10.2. The molecule has 0 saturated carbocycles. The number of rotatable bonds is 4. The molecule has 0 spiro atoms. The molecule has 2 aromatic carbocycles. The summed E-state index contributed by atoms with van der Waals surface area (Å²) in [6, 6.07) is 17.8. The molecule has 0 aliphatic carbocycles. The van der Waals surface area contributed by atoms with Crippen molar-refractivity contribution in [2.75, 3.05) is 7.11 Å². The molecule has 2 aromatic rings. The van der Waals surface area contributed by atoms with Crippen LogP contribution in [0.2, 0.25) is 0 Å². The fraction of sp³-hybridized carbons (Fsp3) is 0.250. The Hall–Kier alpha value is -1.76. The Labute approximate surface area is 103 Å². The molecular weight excluding hydrogens is 208 g/mol. The molecule has 0 atom stereocenters. The van der Waals surface area contributed by atoms with Crippen molar-refractivity contribution in [3.05, 3.63) is 65.2 Å². The van der Waals surface area contributed by atoms with E-state index in [1.165, 1.54) is 16.7 Å². The Morgan fingerprint density at radius 1 is 1.06 bits per heavy atom. The number of aryl methyl sites for hydroxylation is 3. The molecule has 0 aliphatic rings. The molecule has 0 unspecified atom stereocenters. The fourth-order valence-corrected chi connectivity index (χ4v) is 1.80. The Bertz CT molecular complexity index is 471. The van der Waals surface area contributed by atoms with Crippen LogP contribution >= 0.6 is 0 Å². The van der Waals surface area contributed by atoms with Crippen molar-refractivity contribution in [3.63, 3.8) is 0 Å². The van der Waals surface area contributed by atoms with Crippen LogP contribution in [-0.4, -0.2) is 7.11 Å². The zero-order chi connectivity index (χ0) is 12.1. The third-order valence-electron chi connectivity index (χ3n) is 2.87. The summed E-state index contributed by atoms with van der Waals surface area (Å²) in [4.78, 5) is 0. The summed E-state index contributed by atoms with van der Waals surface area (Å²) in [7, 11) is 1.69. The van der Waals surface area contributed by atoms with Gasteiger partial charge in [-0.05, 0) is 49.1 Å². The lowest BCUT2D eigenvalue weighted by atomic mass is 10.0. The zero-order valence-electron chi connectivity index (χ0n) is 10.4. The molecule has 0 amide bonds. The number of benzene rings is 2. The van der Waals surface area contributed by atoms with Gasteiger partial charge in [-0.2, -0.15) is 0 Å². The van der Waals surface area contributed by atoms with Crippen molar-refractivity contribution in [3.8, 4) is 5.75 Å². The number of hydrogen-bond donors (Lipinski definition) is 0. The monoisotopic (exact) mass is 225 g/mol. The molecule has 1 nitrogen and oxygen atoms in total. The second-order valence-electron chi connectivity index (χ2n) is 4.24. The van der Waals surface area contributed by atoms with Gasteiger partial charge in [-0.25, -0.2) is 0 Å². The summed E-state index contributed by atoms with van der Waals surface area (Å²) < 4.78 is 5.20. The largest absolute Gasteiger partial charge is 0.497 e. The third kappa shape index (κ3) is 3.35. The first-order valence-electron chi connectivity index (χ1n) is 5.88. The second-order valence-corrected chi connectivity index (χ2v) is 4.24. The van der Waals surface area contributed by atoms with Crippen LogP contribution in [0.3, 0.4) is 0 Å². The van der Waals surface area contributed by atoms with Crippen molar-refractivity contribution >= 4 is 0 Å². The zero-order valence-corrected chi connectivity index (χ0v) is 10.4. The Kier molecular flexibility index (Phi) is 3.81. The van der Waals surface area contributed by atoms with E-state index < -0.39 is 0 Å². The molecular formula is C16H17O. The molecule has 17 heavy (non-hydrogen) atoms. The highest BCUT2D eigenvalue weighted by atomic mass is 16.5. The number of hydrogen-bond acceptors (Lipinski definition) is 1. The Morgan fingerprint density at radius 2 is 1.82 bits per heavy atom. The Balaban J connectivity index is 1.99. The van der Waals surface area contributed by atoms with Crippen molar-refractivity contribution in [2.24, 2.45) is 0 Å². The maximum atomic E-state index is 5.20. The summed E-state index contributed by atoms with van der Waals surface area (Å²) in [5.74, 6) is 0.905. The van der Waals surface area contributed by atoms with Crippen LogP contribution < -0.4 is 4.74 Å². The topological polar surface area (TPSA) is 9.23 Å². The summed E-state index contributed by atoms with van der Waals surface area (Å²) in [6.07, 6.45) is 2.05. The quantitative estimate of drug-likeness (QED) is 0.772. The van der Waals surface area contributed by atoms with Crippen molar-refractivity contribution < 1.29 is 4.74 Å². The highest BCUT2D eigenvalue weighted by Gasteiger charge is 1.98. The van der Waals surface area contributed by atoms with Gasteiger partial charge in [0.2, 0.25) is 0 Å². The van der Waals surface area contributed by atoms with Crippen LogP contribution in [0.25, 0.3) is 0 Å². The first kappa shape index (κ1) is 11.7. The van der Waals surface area contributed by atoms with E-state index >= 15 is 0 Å². The fourth-order valence-electron chi connectivity index (χ4n) is 1.80. The predicted octanol–water partition coefficient (Wildman–Crippen LogP) is 3.59. The molecule has 0 bridgehead atoms. The summed E-state index contributed by atoms with van der Waals surface area (Å²) >= 11 is 0. The smallest absolute Gasteiger partial charge is 0.119 e. The average Bonchev–Trinajstić information content (AvgIpc) is 2.38. The minimum absolute atomic E-state index is 0.905. The first-order valence-corrected chi connectivity index (χ1v) is 5.88. The lowest BCUT2D eigenvalue weighted by Crippen LogP contribution is -1.92. The van der Waals surface area contributed by atoms with Crippen molar-refractivity contribution in [1.29, 1.82) is 0 Å². The highest BCUT2D eigenvalue weighted by Crippen LogP contribution is 2.14. The maximum absolute atomic E-state index is 5.20. The lowest BCUT2D eigenvalue weighted by Gasteiger charge is -2.04. The molecule has 0 N–H and O–H groups in total. The minimum Gasteiger partial charge on any atom is -0.497 e. The molecule has 1 heteroatoms. The maximum Gasteiger partial charge on any atom is 0.119 e. The molecule has 87 valence electrons. The summed E-state index contributed by atoms with van der Waals surface area (Å²) in [5.41, 5.74) is 3.87. The molecule has 1 radical (unpaired) electrons. The van der Waals surface area contributed by atoms with E-state index in [1.807, 2.05) is 18.2 Å². The first-order chi connectivity index (χ1) is 8.28. The van der Waals surface area contributed by atoms with Gasteiger partial charge in [0, 0.05) is 0 Å². The van der Waals surface area contributed by atoms with Gasteiger partial charge >= 0.3 is 0 Å². The van der Waals surface area contributed by atoms with E-state index in [-0.39, 0.29) is 0 Å². The van der Waals surface area contributed by atoms with Gasteiger partial charge in [-0.15, -0.1) is 0 Å². The molecule has 0 fully saturated rings. The number of methoxy groups -OCH3 is 1. The van der Waals surface area contributed by atoms with E-state index in [0.29, 0.717) is 0 Å². The van der Waals surface area contributed by atoms with Crippen molar-refractivity contribution in [2.45, 2.75) is 19.8 Å². The minimum atomic E-state index is 0.905. The van der Waals surface area contributed by atoms with E-state index in [2.05, 4.69) is 37.3 Å². The molecule has 0 aromatic heterocycles. The van der Waals surface area contributed by atoms with Crippen LogP contribution in [0.15, 0.2) is 42.5 Å². The van der Waals surface area contributed by atoms with Gasteiger partial charge in [0.1, 0.15) is 5.75 Å². The van der Waals surface area contributed by atoms with E-state index in [9.17, 15) is 0 Å². The number of ether oxygens (including phenoxy) is 1. The van der Waals surface area contributed by atoms with Gasteiger partial charge in [-0.3, -0.25) is 0 Å². The van der Waals surface area contributed by atoms with E-state index in [0.717, 1.165) is 18.6 Å². The SMILES string of the molecule is COc1cc[c]c(CCc2ccc(C)cc2)c1. The van der Waals surface area contributed by atoms with Gasteiger partial charge < -0.3 is 4.74 Å². The molecule has 0 saturated heterocycles. The van der Waals surface area contributed by atoms with Gasteiger partial charge in [-0.1, -0.05) is 35.9 Å². The second kappa shape index (κ2) is 5.53. The van der Waals surface area contributed by atoms with Gasteiger partial charge in [0.25, 0.3) is 0 Å². The van der Waals surface area contributed by atoms with E-state index in [1.54, 1.807) is 7.11 Å². The third-order valence-corrected chi connectivity index (χ3v) is 2.87. The summed E-state index contributed by atoms with van der Waals surface area (Å²) in [6.45, 7) is 2.11. The van der Waals surface area contributed by atoms with Crippen LogP contribution in [0.1, 0.15) is 16.7 Å². The Morgan fingerprint density at radius 3 is 2.53 bits per heavy atom. The van der Waals surface area contributed by atoms with Crippen LogP contribution in [0.5, 0.6) is 5.75 Å². The van der Waals surface area contributed by atoms with Crippen LogP contribution in [0.4, 0.5) is 0 Å². The standard InChI is InChI=1S/C16H17O/c1-13-6-8-14(9-7-13)10-11-15-4-3-5-16(12-15)17-2/h3,5-9,12H,10-11H2,1-2H3. The molecule has 0 aliphatic heterocycles. The van der Waals surface area contributed by atoms with E-state index in [4.69, 9.17) is 4.74 Å². The molecule has 2 rings (SSSR count). The van der Waals surface area contributed by atoms with Crippen LogP contribution in [0, 0.1) is 13.0 Å². The van der Waals surface area contributed by atoms with Gasteiger partial charge in [0.15, 0.2) is 0 Å². The molecule has 0 heterocycles. The van der Waals surface area contributed by atoms with Crippen molar-refractivity contribution in [1.82, 2.24) is 0 Å².